The van der Waals surface area contributed by atoms with Crippen LogP contribution in [0.25, 0.3) is 0 Å². The minimum Gasteiger partial charge on any atom is -0.308 e. The number of nitrogens with one attached hydrogen (secondary N) is 1. The van der Waals surface area contributed by atoms with Crippen LogP contribution in [0.5, 0.6) is 0 Å². The first-order valence-corrected chi connectivity index (χ1v) is 7.88. The van der Waals surface area contributed by atoms with E-state index in [9.17, 15) is 0 Å². The van der Waals surface area contributed by atoms with Crippen LogP contribution in [0, 0.1) is 6.92 Å². The molecule has 0 unspecified atom stereocenters. The summed E-state index contributed by atoms with van der Waals surface area (Å²) in [5.41, 5.74) is 3.86. The van der Waals surface area contributed by atoms with Crippen molar-refractivity contribution < 1.29 is 0 Å². The van der Waals surface area contributed by atoms with E-state index in [2.05, 4.69) is 67.7 Å². The van der Waals surface area contributed by atoms with Gasteiger partial charge in [0.2, 0.25) is 0 Å². The van der Waals surface area contributed by atoms with Gasteiger partial charge in [-0.05, 0) is 56.4 Å². The maximum Gasteiger partial charge on any atom is 0.0438 e. The van der Waals surface area contributed by atoms with E-state index in [0.29, 0.717) is 0 Å². The van der Waals surface area contributed by atoms with Crippen molar-refractivity contribution in [1.29, 1.82) is 0 Å². The van der Waals surface area contributed by atoms with Crippen LogP contribution in [0.2, 0.25) is 5.02 Å². The molecule has 0 radical (unpaired) electrons. The zero-order chi connectivity index (χ0) is 15.3. The van der Waals surface area contributed by atoms with Crippen molar-refractivity contribution in [2.45, 2.75) is 45.7 Å². The van der Waals surface area contributed by atoms with Gasteiger partial charge in [-0.3, -0.25) is 0 Å². The molecular weight excluding hydrogens is 278 g/mol. The standard InChI is InChI=1S/C19H24ClN/c1-15-9-10-17(13-18(15)20)14-21-19(2,3)12-11-16-7-5-4-6-8-16/h4-10,13,21H,11-12,14H2,1-3H3. The van der Waals surface area contributed by atoms with E-state index >= 15 is 0 Å². The molecule has 0 saturated carbocycles. The molecular formula is C19H24ClN. The number of halogens is 1. The van der Waals surface area contributed by atoms with E-state index < -0.39 is 0 Å². The van der Waals surface area contributed by atoms with Gasteiger partial charge in [-0.25, -0.2) is 0 Å². The van der Waals surface area contributed by atoms with E-state index in [1.54, 1.807) is 0 Å². The third-order valence-electron chi connectivity index (χ3n) is 3.89. The van der Waals surface area contributed by atoms with Gasteiger partial charge < -0.3 is 5.32 Å². The monoisotopic (exact) mass is 301 g/mol. The quantitative estimate of drug-likeness (QED) is 0.778. The normalized spacial score (nSPS) is 11.6. The highest BCUT2D eigenvalue weighted by Gasteiger charge is 2.16. The lowest BCUT2D eigenvalue weighted by atomic mass is 9.95. The van der Waals surface area contributed by atoms with Gasteiger partial charge in [-0.1, -0.05) is 54.1 Å². The smallest absolute Gasteiger partial charge is 0.0438 e. The van der Waals surface area contributed by atoms with Crippen molar-refractivity contribution in [3.05, 3.63) is 70.2 Å². The Morgan fingerprint density at radius 3 is 2.38 bits per heavy atom. The molecule has 2 aromatic rings. The molecule has 0 saturated heterocycles. The molecule has 0 spiro atoms. The number of benzene rings is 2. The van der Waals surface area contributed by atoms with Crippen molar-refractivity contribution in [2.24, 2.45) is 0 Å². The lowest BCUT2D eigenvalue weighted by Gasteiger charge is -2.26. The molecule has 0 bridgehead atoms. The van der Waals surface area contributed by atoms with Crippen molar-refractivity contribution in [1.82, 2.24) is 5.32 Å². The highest BCUT2D eigenvalue weighted by molar-refractivity contribution is 6.31. The zero-order valence-electron chi connectivity index (χ0n) is 13.1. The average Bonchev–Trinajstić information content (AvgIpc) is 2.48. The Bertz CT molecular complexity index is 575. The van der Waals surface area contributed by atoms with Crippen molar-refractivity contribution in [2.75, 3.05) is 0 Å². The zero-order valence-corrected chi connectivity index (χ0v) is 13.9. The van der Waals surface area contributed by atoms with Crippen LogP contribution in [-0.2, 0) is 13.0 Å². The third-order valence-corrected chi connectivity index (χ3v) is 4.30. The summed E-state index contributed by atoms with van der Waals surface area (Å²) >= 11 is 6.18. The fourth-order valence-corrected chi connectivity index (χ4v) is 2.48. The van der Waals surface area contributed by atoms with Crippen LogP contribution in [0.4, 0.5) is 0 Å². The summed E-state index contributed by atoms with van der Waals surface area (Å²) in [5, 5.41) is 4.48. The van der Waals surface area contributed by atoms with E-state index in [1.165, 1.54) is 11.1 Å². The first kappa shape index (κ1) is 16.1. The summed E-state index contributed by atoms with van der Waals surface area (Å²) in [4.78, 5) is 0. The Morgan fingerprint density at radius 2 is 1.71 bits per heavy atom. The summed E-state index contributed by atoms with van der Waals surface area (Å²) in [6, 6.07) is 16.9. The second kappa shape index (κ2) is 7.11. The Balaban J connectivity index is 1.87. The molecule has 0 amide bonds. The van der Waals surface area contributed by atoms with E-state index in [-0.39, 0.29) is 5.54 Å². The van der Waals surface area contributed by atoms with Gasteiger partial charge in [0, 0.05) is 17.1 Å². The molecule has 1 nitrogen and oxygen atoms in total. The second-order valence-corrected chi connectivity index (χ2v) is 6.71. The predicted octanol–water partition coefficient (Wildman–Crippen LogP) is 5.15. The fraction of sp³-hybridized carbons (Fsp3) is 0.368. The fourth-order valence-electron chi connectivity index (χ4n) is 2.28. The summed E-state index contributed by atoms with van der Waals surface area (Å²) < 4.78 is 0. The molecule has 1 N–H and O–H groups in total. The van der Waals surface area contributed by atoms with Gasteiger partial charge in [0.15, 0.2) is 0 Å². The Kier molecular flexibility index (Phi) is 5.44. The lowest BCUT2D eigenvalue weighted by Crippen LogP contribution is -2.39. The number of hydrogen-bond donors (Lipinski definition) is 1. The molecule has 0 heterocycles. The summed E-state index contributed by atoms with van der Waals surface area (Å²) in [6.45, 7) is 7.39. The van der Waals surface area contributed by atoms with Crippen molar-refractivity contribution in [3.8, 4) is 0 Å². The van der Waals surface area contributed by atoms with Crippen LogP contribution < -0.4 is 5.32 Å². The summed E-state index contributed by atoms with van der Waals surface area (Å²) in [7, 11) is 0. The highest BCUT2D eigenvalue weighted by atomic mass is 35.5. The van der Waals surface area contributed by atoms with Gasteiger partial charge >= 0.3 is 0 Å². The van der Waals surface area contributed by atoms with Crippen molar-refractivity contribution in [3.63, 3.8) is 0 Å². The van der Waals surface area contributed by atoms with Crippen LogP contribution in [0.3, 0.4) is 0 Å². The van der Waals surface area contributed by atoms with Crippen LogP contribution in [0.1, 0.15) is 37.0 Å². The van der Waals surface area contributed by atoms with Crippen LogP contribution >= 0.6 is 11.6 Å². The molecule has 0 aliphatic heterocycles. The van der Waals surface area contributed by atoms with Crippen molar-refractivity contribution >= 4 is 11.6 Å². The first-order chi connectivity index (χ1) is 9.96. The molecule has 2 heteroatoms. The lowest BCUT2D eigenvalue weighted by molar-refractivity contribution is 0.360. The average molecular weight is 302 g/mol. The van der Waals surface area contributed by atoms with E-state index in [1.807, 2.05) is 6.92 Å². The van der Waals surface area contributed by atoms with Crippen LogP contribution in [-0.4, -0.2) is 5.54 Å². The third kappa shape index (κ3) is 5.18. The summed E-state index contributed by atoms with van der Waals surface area (Å²) in [5.74, 6) is 0. The van der Waals surface area contributed by atoms with Gasteiger partial charge in [0.25, 0.3) is 0 Å². The maximum atomic E-state index is 6.18. The SMILES string of the molecule is Cc1ccc(CNC(C)(C)CCc2ccccc2)cc1Cl. The highest BCUT2D eigenvalue weighted by Crippen LogP contribution is 2.18. The Morgan fingerprint density at radius 1 is 1.00 bits per heavy atom. The Labute approximate surface area is 133 Å². The largest absolute Gasteiger partial charge is 0.308 e. The van der Waals surface area contributed by atoms with E-state index in [4.69, 9.17) is 11.6 Å². The molecule has 112 valence electrons. The molecule has 21 heavy (non-hydrogen) atoms. The van der Waals surface area contributed by atoms with Gasteiger partial charge in [-0.2, -0.15) is 0 Å². The van der Waals surface area contributed by atoms with Gasteiger partial charge in [-0.15, -0.1) is 0 Å². The second-order valence-electron chi connectivity index (χ2n) is 6.31. The molecule has 0 atom stereocenters. The molecule has 2 rings (SSSR count). The summed E-state index contributed by atoms with van der Waals surface area (Å²) in [6.07, 6.45) is 2.20. The molecule has 0 aliphatic rings. The number of rotatable bonds is 6. The Hall–Kier alpha value is -1.31. The molecule has 0 aliphatic carbocycles. The number of aryl methyl sites for hydroxylation is 2. The van der Waals surface area contributed by atoms with Gasteiger partial charge in [0.05, 0.1) is 0 Å². The first-order valence-electron chi connectivity index (χ1n) is 7.50. The molecule has 0 fully saturated rings. The van der Waals surface area contributed by atoms with Crippen LogP contribution in [0.15, 0.2) is 48.5 Å². The van der Waals surface area contributed by atoms with E-state index in [0.717, 1.165) is 30.0 Å². The molecule has 0 aromatic heterocycles. The minimum atomic E-state index is 0.104. The number of hydrogen-bond acceptors (Lipinski definition) is 1. The minimum absolute atomic E-state index is 0.104. The maximum absolute atomic E-state index is 6.18. The topological polar surface area (TPSA) is 12.0 Å². The van der Waals surface area contributed by atoms with Gasteiger partial charge in [0.1, 0.15) is 0 Å². The molecule has 2 aromatic carbocycles. The predicted molar refractivity (Wildman–Crippen MR) is 91.9 cm³/mol.